The molecule has 2 aromatic heterocycles. The van der Waals surface area contributed by atoms with Gasteiger partial charge in [0.2, 0.25) is 0 Å². The standard InChI is InChI=1S/C17H20N2OS2/c1-19(2)8-7-15-17(12-5-3-4-6-14(12)22-15)13(10-20)16-9-18-11-21-16/h3-6,9,11,13,20H,7-8,10H2,1-2H3. The van der Waals surface area contributed by atoms with Gasteiger partial charge in [-0.1, -0.05) is 18.2 Å². The number of aliphatic hydroxyl groups is 1. The molecule has 0 saturated heterocycles. The fourth-order valence-electron chi connectivity index (χ4n) is 2.73. The molecule has 22 heavy (non-hydrogen) atoms. The predicted octanol–water partition coefficient (Wildman–Crippen LogP) is 3.59. The van der Waals surface area contributed by atoms with E-state index >= 15 is 0 Å². The number of rotatable bonds is 6. The number of thiazole rings is 1. The number of likely N-dealkylation sites (N-methyl/N-ethyl adjacent to an activating group) is 1. The molecule has 0 saturated carbocycles. The largest absolute Gasteiger partial charge is 0.395 e. The lowest BCUT2D eigenvalue weighted by Crippen LogP contribution is -2.16. The number of thiophene rings is 1. The van der Waals surface area contributed by atoms with Crippen molar-refractivity contribution in [2.45, 2.75) is 12.3 Å². The number of fused-ring (bicyclic) bond motifs is 1. The van der Waals surface area contributed by atoms with Gasteiger partial charge < -0.3 is 10.0 Å². The highest BCUT2D eigenvalue weighted by atomic mass is 32.1. The van der Waals surface area contributed by atoms with Crippen LogP contribution >= 0.6 is 22.7 Å². The summed E-state index contributed by atoms with van der Waals surface area (Å²) in [6.45, 7) is 1.14. The molecular formula is C17H20N2OS2. The maximum atomic E-state index is 10.0. The molecule has 2 heterocycles. The van der Waals surface area contributed by atoms with E-state index in [1.54, 1.807) is 11.3 Å². The molecular weight excluding hydrogens is 312 g/mol. The van der Waals surface area contributed by atoms with E-state index in [0.29, 0.717) is 0 Å². The lowest BCUT2D eigenvalue weighted by atomic mass is 9.94. The summed E-state index contributed by atoms with van der Waals surface area (Å²) in [5.74, 6) is 0.0285. The van der Waals surface area contributed by atoms with E-state index in [2.05, 4.69) is 48.2 Å². The van der Waals surface area contributed by atoms with Gasteiger partial charge in [0.15, 0.2) is 0 Å². The van der Waals surface area contributed by atoms with Crippen LogP contribution in [0.4, 0.5) is 0 Å². The zero-order valence-electron chi connectivity index (χ0n) is 12.8. The van der Waals surface area contributed by atoms with E-state index in [4.69, 9.17) is 0 Å². The molecule has 1 unspecified atom stereocenters. The van der Waals surface area contributed by atoms with Crippen LogP contribution in [0.5, 0.6) is 0 Å². The average Bonchev–Trinajstić information content (AvgIpc) is 3.15. The third kappa shape index (κ3) is 3.08. The van der Waals surface area contributed by atoms with Crippen molar-refractivity contribution in [3.05, 3.63) is 51.3 Å². The first-order chi connectivity index (χ1) is 10.7. The SMILES string of the molecule is CN(C)CCc1sc2ccccc2c1C(CO)c1cncs1. The Hall–Kier alpha value is -1.27. The van der Waals surface area contributed by atoms with Crippen molar-refractivity contribution in [3.8, 4) is 0 Å². The molecule has 0 aliphatic carbocycles. The highest BCUT2D eigenvalue weighted by Gasteiger charge is 2.23. The van der Waals surface area contributed by atoms with Gasteiger partial charge in [0.25, 0.3) is 0 Å². The Bertz CT molecular complexity index is 734. The molecule has 5 heteroatoms. The minimum atomic E-state index is 0.0285. The Balaban J connectivity index is 2.10. The first kappa shape index (κ1) is 15.6. The minimum absolute atomic E-state index is 0.0285. The van der Waals surface area contributed by atoms with Crippen LogP contribution in [0.1, 0.15) is 21.2 Å². The summed E-state index contributed by atoms with van der Waals surface area (Å²) < 4.78 is 1.30. The smallest absolute Gasteiger partial charge is 0.0794 e. The second-order valence-corrected chi connectivity index (χ2v) is 7.68. The second kappa shape index (κ2) is 6.87. The van der Waals surface area contributed by atoms with Crippen molar-refractivity contribution in [3.63, 3.8) is 0 Å². The number of nitrogens with zero attached hydrogens (tertiary/aromatic N) is 2. The molecule has 0 amide bonds. The van der Waals surface area contributed by atoms with Crippen molar-refractivity contribution >= 4 is 32.8 Å². The van der Waals surface area contributed by atoms with Crippen molar-refractivity contribution in [2.24, 2.45) is 0 Å². The fraction of sp³-hybridized carbons (Fsp3) is 0.353. The van der Waals surface area contributed by atoms with Crippen molar-refractivity contribution in [2.75, 3.05) is 27.2 Å². The van der Waals surface area contributed by atoms with Gasteiger partial charge in [-0.05, 0) is 37.5 Å². The van der Waals surface area contributed by atoms with Crippen LogP contribution in [-0.4, -0.2) is 42.2 Å². The highest BCUT2D eigenvalue weighted by Crippen LogP contribution is 2.40. The maximum absolute atomic E-state index is 10.0. The Morgan fingerprint density at radius 1 is 1.27 bits per heavy atom. The third-order valence-corrected chi connectivity index (χ3v) is 5.96. The summed E-state index contributed by atoms with van der Waals surface area (Å²) in [7, 11) is 4.19. The van der Waals surface area contributed by atoms with Crippen molar-refractivity contribution < 1.29 is 5.11 Å². The molecule has 0 bridgehead atoms. The lowest BCUT2D eigenvalue weighted by Gasteiger charge is -2.16. The van der Waals surface area contributed by atoms with Gasteiger partial charge in [-0.15, -0.1) is 22.7 Å². The minimum Gasteiger partial charge on any atom is -0.395 e. The first-order valence-corrected chi connectivity index (χ1v) is 9.04. The summed E-state index contributed by atoms with van der Waals surface area (Å²) >= 11 is 3.47. The van der Waals surface area contributed by atoms with Gasteiger partial charge in [-0.3, -0.25) is 4.98 Å². The molecule has 0 aliphatic heterocycles. The number of benzene rings is 1. The van der Waals surface area contributed by atoms with E-state index in [0.717, 1.165) is 17.8 Å². The normalized spacial score (nSPS) is 13.1. The molecule has 1 N–H and O–H groups in total. The summed E-state index contributed by atoms with van der Waals surface area (Å²) in [6, 6.07) is 8.50. The molecule has 1 aromatic carbocycles. The van der Waals surface area contributed by atoms with E-state index in [1.165, 1.54) is 20.5 Å². The maximum Gasteiger partial charge on any atom is 0.0794 e. The van der Waals surface area contributed by atoms with Gasteiger partial charge in [-0.2, -0.15) is 0 Å². The quantitative estimate of drug-likeness (QED) is 0.749. The molecule has 0 spiro atoms. The highest BCUT2D eigenvalue weighted by molar-refractivity contribution is 7.19. The number of aliphatic hydroxyl groups excluding tert-OH is 1. The van der Waals surface area contributed by atoms with Gasteiger partial charge >= 0.3 is 0 Å². The Morgan fingerprint density at radius 2 is 2.09 bits per heavy atom. The Kier molecular flexibility index (Phi) is 4.88. The van der Waals surface area contributed by atoms with Gasteiger partial charge in [0.05, 0.1) is 12.1 Å². The third-order valence-electron chi connectivity index (χ3n) is 3.82. The summed E-state index contributed by atoms with van der Waals surface area (Å²) in [5, 5.41) is 11.3. The Labute approximate surface area is 138 Å². The van der Waals surface area contributed by atoms with Crippen LogP contribution in [-0.2, 0) is 6.42 Å². The zero-order valence-corrected chi connectivity index (χ0v) is 14.5. The van der Waals surface area contributed by atoms with Crippen molar-refractivity contribution in [1.82, 2.24) is 9.88 Å². The van der Waals surface area contributed by atoms with Crippen LogP contribution in [0.25, 0.3) is 10.1 Å². The average molecular weight is 332 g/mol. The molecule has 0 radical (unpaired) electrons. The van der Waals surface area contributed by atoms with Gasteiger partial charge in [-0.25, -0.2) is 0 Å². The monoisotopic (exact) mass is 332 g/mol. The molecule has 3 rings (SSSR count). The Morgan fingerprint density at radius 3 is 2.77 bits per heavy atom. The fourth-order valence-corrected chi connectivity index (χ4v) is 4.71. The first-order valence-electron chi connectivity index (χ1n) is 7.35. The van der Waals surface area contributed by atoms with Crippen LogP contribution in [0.3, 0.4) is 0 Å². The van der Waals surface area contributed by atoms with Crippen LogP contribution in [0.15, 0.2) is 36.0 Å². The molecule has 0 fully saturated rings. The molecule has 3 aromatic rings. The van der Waals surface area contributed by atoms with Crippen LogP contribution in [0, 0.1) is 0 Å². The van der Waals surface area contributed by atoms with E-state index in [9.17, 15) is 5.11 Å². The van der Waals surface area contributed by atoms with Gasteiger partial charge in [0.1, 0.15) is 0 Å². The molecule has 116 valence electrons. The van der Waals surface area contributed by atoms with E-state index in [1.807, 2.05) is 23.0 Å². The summed E-state index contributed by atoms with van der Waals surface area (Å²) in [4.78, 5) is 8.90. The predicted molar refractivity (Wildman–Crippen MR) is 95.1 cm³/mol. The number of aromatic nitrogens is 1. The molecule has 0 aliphatic rings. The zero-order chi connectivity index (χ0) is 15.5. The van der Waals surface area contributed by atoms with E-state index < -0.39 is 0 Å². The van der Waals surface area contributed by atoms with Gasteiger partial charge in [0, 0.05) is 33.1 Å². The number of hydrogen-bond donors (Lipinski definition) is 1. The van der Waals surface area contributed by atoms with Crippen molar-refractivity contribution in [1.29, 1.82) is 0 Å². The topological polar surface area (TPSA) is 36.4 Å². The molecule has 1 atom stereocenters. The van der Waals surface area contributed by atoms with Crippen LogP contribution < -0.4 is 0 Å². The van der Waals surface area contributed by atoms with Crippen LogP contribution in [0.2, 0.25) is 0 Å². The van der Waals surface area contributed by atoms with E-state index in [-0.39, 0.29) is 12.5 Å². The summed E-state index contributed by atoms with van der Waals surface area (Å²) in [6.07, 6.45) is 2.89. The second-order valence-electron chi connectivity index (χ2n) is 5.63. The molecule has 3 nitrogen and oxygen atoms in total. The number of hydrogen-bond acceptors (Lipinski definition) is 5. The summed E-state index contributed by atoms with van der Waals surface area (Å²) in [5.41, 5.74) is 3.13. The lowest BCUT2D eigenvalue weighted by molar-refractivity contribution is 0.282.